The van der Waals surface area contributed by atoms with Crippen molar-refractivity contribution < 1.29 is 30.8 Å². The van der Waals surface area contributed by atoms with E-state index in [9.17, 15) is 30.8 Å². The van der Waals surface area contributed by atoms with E-state index in [-0.39, 0.29) is 21.7 Å². The minimum absolute atomic E-state index is 0.0719. The number of nitrogens with zero attached hydrogens (tertiary/aromatic N) is 3. The third-order valence-corrected chi connectivity index (χ3v) is 6.45. The Labute approximate surface area is 188 Å². The fraction of sp³-hybridized carbons (Fsp3) is 0.0500. The van der Waals surface area contributed by atoms with Crippen molar-refractivity contribution in [3.63, 3.8) is 0 Å². The molecule has 0 saturated carbocycles. The zero-order valence-corrected chi connectivity index (χ0v) is 17.7. The van der Waals surface area contributed by atoms with Gasteiger partial charge in [-0.15, -0.1) is 0 Å². The van der Waals surface area contributed by atoms with Crippen LogP contribution in [0.15, 0.2) is 65.8 Å². The summed E-state index contributed by atoms with van der Waals surface area (Å²) in [7, 11) is -4.53. The van der Waals surface area contributed by atoms with Gasteiger partial charge in [0.05, 0.1) is 32.8 Å². The molecular weight excluding hydrogens is 488 g/mol. The fourth-order valence-corrected chi connectivity index (χ4v) is 4.55. The minimum Gasteiger partial charge on any atom is -0.306 e. The molecule has 0 radical (unpaired) electrons. The van der Waals surface area contributed by atoms with E-state index in [0.717, 1.165) is 36.5 Å². The zero-order valence-electron chi connectivity index (χ0n) is 16.1. The van der Waals surface area contributed by atoms with Gasteiger partial charge in [-0.05, 0) is 30.3 Å². The van der Waals surface area contributed by atoms with Crippen LogP contribution in [0.3, 0.4) is 0 Å². The third-order valence-electron chi connectivity index (χ3n) is 4.54. The van der Waals surface area contributed by atoms with Crippen molar-refractivity contribution in [1.29, 1.82) is 0 Å². The average Bonchev–Trinajstić information content (AvgIpc) is 3.17. The Morgan fingerprint density at radius 3 is 2.48 bits per heavy atom. The Hall–Kier alpha value is -3.51. The molecule has 7 nitrogen and oxygen atoms in total. The van der Waals surface area contributed by atoms with Crippen LogP contribution < -0.4 is 5.32 Å². The van der Waals surface area contributed by atoms with E-state index in [2.05, 4.69) is 15.4 Å². The maximum atomic E-state index is 14.0. The van der Waals surface area contributed by atoms with Crippen LogP contribution in [0.2, 0.25) is 5.02 Å². The van der Waals surface area contributed by atoms with Gasteiger partial charge in [0.1, 0.15) is 11.6 Å². The van der Waals surface area contributed by atoms with Gasteiger partial charge in [-0.1, -0.05) is 23.7 Å². The number of alkyl halides is 3. The highest BCUT2D eigenvalue weighted by molar-refractivity contribution is 7.90. The predicted octanol–water partition coefficient (Wildman–Crippen LogP) is 4.73. The van der Waals surface area contributed by atoms with Crippen LogP contribution in [-0.4, -0.2) is 28.5 Å². The van der Waals surface area contributed by atoms with Crippen LogP contribution in [0.25, 0.3) is 10.9 Å². The summed E-state index contributed by atoms with van der Waals surface area (Å²) in [4.78, 5) is 15.8. The number of halogens is 5. The normalized spacial score (nSPS) is 12.2. The number of aromatic nitrogens is 3. The van der Waals surface area contributed by atoms with Crippen molar-refractivity contribution in [2.45, 2.75) is 11.1 Å². The van der Waals surface area contributed by atoms with E-state index < -0.39 is 43.9 Å². The van der Waals surface area contributed by atoms with Crippen LogP contribution in [-0.2, 0) is 16.2 Å². The number of hydrogen-bond acceptors (Lipinski definition) is 5. The SMILES string of the molecule is O=C(Nc1cc2c(cn1)cnn2S(=O)(=O)c1cccc(C(F)(F)F)c1)c1c(F)cccc1Cl. The molecule has 0 fully saturated rings. The predicted molar refractivity (Wildman–Crippen MR) is 111 cm³/mol. The summed E-state index contributed by atoms with van der Waals surface area (Å²) in [6, 6.07) is 8.00. The second-order valence-corrected chi connectivity index (χ2v) is 8.87. The first-order valence-electron chi connectivity index (χ1n) is 9.00. The van der Waals surface area contributed by atoms with Crippen LogP contribution in [0.5, 0.6) is 0 Å². The summed E-state index contributed by atoms with van der Waals surface area (Å²) in [6.45, 7) is 0. The van der Waals surface area contributed by atoms with E-state index in [1.807, 2.05) is 0 Å². The lowest BCUT2D eigenvalue weighted by Crippen LogP contribution is -2.17. The van der Waals surface area contributed by atoms with E-state index in [0.29, 0.717) is 10.2 Å². The van der Waals surface area contributed by atoms with E-state index >= 15 is 0 Å². The molecule has 2 heterocycles. The molecule has 2 aromatic carbocycles. The molecule has 0 saturated heterocycles. The Bertz CT molecular complexity index is 1480. The summed E-state index contributed by atoms with van der Waals surface area (Å²) in [5, 5.41) is 6.15. The molecule has 13 heteroatoms. The molecule has 0 aliphatic rings. The van der Waals surface area contributed by atoms with E-state index in [1.54, 1.807) is 0 Å². The van der Waals surface area contributed by atoms with Gasteiger partial charge in [-0.2, -0.15) is 30.8 Å². The highest BCUT2D eigenvalue weighted by Gasteiger charge is 2.32. The van der Waals surface area contributed by atoms with Gasteiger partial charge in [-0.3, -0.25) is 4.79 Å². The van der Waals surface area contributed by atoms with Crippen LogP contribution >= 0.6 is 11.6 Å². The van der Waals surface area contributed by atoms with Crippen molar-refractivity contribution in [3.8, 4) is 0 Å². The number of amides is 1. The van der Waals surface area contributed by atoms with Crippen LogP contribution in [0, 0.1) is 5.82 Å². The molecule has 4 aromatic rings. The minimum atomic E-state index is -4.74. The lowest BCUT2D eigenvalue weighted by Gasteiger charge is -2.11. The van der Waals surface area contributed by atoms with Crippen molar-refractivity contribution in [3.05, 3.63) is 82.9 Å². The Kier molecular flexibility index (Phi) is 5.58. The molecule has 1 N–H and O–H groups in total. The summed E-state index contributed by atoms with van der Waals surface area (Å²) in [5.41, 5.74) is -1.65. The fourth-order valence-electron chi connectivity index (χ4n) is 2.98. The van der Waals surface area contributed by atoms with Gasteiger partial charge in [0, 0.05) is 17.6 Å². The number of benzene rings is 2. The van der Waals surface area contributed by atoms with Gasteiger partial charge in [0.15, 0.2) is 0 Å². The van der Waals surface area contributed by atoms with Gasteiger partial charge in [-0.25, -0.2) is 9.37 Å². The van der Waals surface area contributed by atoms with Crippen molar-refractivity contribution in [1.82, 2.24) is 14.2 Å². The van der Waals surface area contributed by atoms with E-state index in [1.165, 1.54) is 18.3 Å². The molecule has 170 valence electrons. The molecule has 1 amide bonds. The summed E-state index contributed by atoms with van der Waals surface area (Å²) in [5.74, 6) is -1.97. The number of nitrogens with one attached hydrogen (secondary N) is 1. The molecule has 0 unspecified atom stereocenters. The smallest absolute Gasteiger partial charge is 0.306 e. The van der Waals surface area contributed by atoms with Gasteiger partial charge < -0.3 is 5.32 Å². The first-order chi connectivity index (χ1) is 15.5. The molecular formula is C20H11ClF4N4O3S. The average molecular weight is 499 g/mol. The van der Waals surface area contributed by atoms with Gasteiger partial charge in [0.2, 0.25) is 0 Å². The molecule has 0 aliphatic carbocycles. The molecule has 0 aliphatic heterocycles. The van der Waals surface area contributed by atoms with E-state index in [4.69, 9.17) is 11.6 Å². The monoisotopic (exact) mass is 498 g/mol. The highest BCUT2D eigenvalue weighted by Crippen LogP contribution is 2.31. The maximum absolute atomic E-state index is 14.0. The first-order valence-corrected chi connectivity index (χ1v) is 10.8. The molecule has 2 aromatic heterocycles. The summed E-state index contributed by atoms with van der Waals surface area (Å²) >= 11 is 5.87. The molecule has 0 atom stereocenters. The lowest BCUT2D eigenvalue weighted by atomic mass is 10.2. The number of carbonyl (C=O) groups excluding carboxylic acids is 1. The van der Waals surface area contributed by atoms with Crippen molar-refractivity contribution in [2.75, 3.05) is 5.32 Å². The summed E-state index contributed by atoms with van der Waals surface area (Å²) < 4.78 is 79.6. The second kappa shape index (κ2) is 8.12. The number of carbonyl (C=O) groups is 1. The quantitative estimate of drug-likeness (QED) is 0.410. The van der Waals surface area contributed by atoms with Crippen LogP contribution in [0.4, 0.5) is 23.4 Å². The summed E-state index contributed by atoms with van der Waals surface area (Å²) in [6.07, 6.45) is -2.40. The number of pyridine rings is 1. The highest BCUT2D eigenvalue weighted by atomic mass is 35.5. The number of anilines is 1. The number of hydrogen-bond donors (Lipinski definition) is 1. The van der Waals surface area contributed by atoms with Crippen molar-refractivity contribution >= 4 is 44.3 Å². The number of rotatable bonds is 4. The standard InChI is InChI=1S/C20H11ClF4N4O3S/c21-14-5-2-6-15(22)18(14)19(30)28-17-8-16-11(9-26-17)10-27-29(16)33(31,32)13-4-1-3-12(7-13)20(23,24)25/h1-10H,(H,26,28,30). The second-order valence-electron chi connectivity index (χ2n) is 6.70. The van der Waals surface area contributed by atoms with Gasteiger partial charge >= 0.3 is 6.18 Å². The third kappa shape index (κ3) is 4.26. The van der Waals surface area contributed by atoms with Crippen LogP contribution in [0.1, 0.15) is 15.9 Å². The maximum Gasteiger partial charge on any atom is 0.416 e. The topological polar surface area (TPSA) is 93.9 Å². The van der Waals surface area contributed by atoms with Crippen molar-refractivity contribution in [2.24, 2.45) is 0 Å². The Morgan fingerprint density at radius 2 is 1.79 bits per heavy atom. The largest absolute Gasteiger partial charge is 0.416 e. The molecule has 0 bridgehead atoms. The molecule has 4 rings (SSSR count). The number of fused-ring (bicyclic) bond motifs is 1. The van der Waals surface area contributed by atoms with Gasteiger partial charge in [0.25, 0.3) is 15.9 Å². The first kappa shape index (κ1) is 22.7. The lowest BCUT2D eigenvalue weighted by molar-refractivity contribution is -0.137. The Balaban J connectivity index is 1.74. The Morgan fingerprint density at radius 1 is 1.06 bits per heavy atom. The zero-order chi connectivity index (χ0) is 24.0. The molecule has 0 spiro atoms. The molecule has 33 heavy (non-hydrogen) atoms.